The molecule has 0 radical (unpaired) electrons. The van der Waals surface area contributed by atoms with Gasteiger partial charge in [0.15, 0.2) is 6.61 Å². The summed E-state index contributed by atoms with van der Waals surface area (Å²) in [6.45, 7) is 3.76. The number of benzene rings is 2. The maximum atomic E-state index is 11.9. The zero-order chi connectivity index (χ0) is 19.2. The summed E-state index contributed by atoms with van der Waals surface area (Å²) >= 11 is 5.99. The summed E-state index contributed by atoms with van der Waals surface area (Å²) in [5, 5.41) is 4.53. The van der Waals surface area contributed by atoms with Crippen molar-refractivity contribution in [1.29, 1.82) is 0 Å². The van der Waals surface area contributed by atoms with Crippen molar-refractivity contribution >= 4 is 23.7 Å². The van der Waals surface area contributed by atoms with Crippen LogP contribution in [0.3, 0.4) is 0 Å². The molecule has 0 fully saturated rings. The van der Waals surface area contributed by atoms with Crippen molar-refractivity contribution in [1.82, 2.24) is 5.43 Å². The molecule has 0 aliphatic carbocycles. The highest BCUT2D eigenvalue weighted by Gasteiger charge is 2.07. The number of rotatable bonds is 6. The number of amides is 1. The molecule has 1 aromatic heterocycles. The lowest BCUT2D eigenvalue weighted by atomic mass is 10.1. The summed E-state index contributed by atoms with van der Waals surface area (Å²) in [6.07, 6.45) is 1.44. The lowest BCUT2D eigenvalue weighted by Crippen LogP contribution is -2.24. The minimum absolute atomic E-state index is 0.116. The van der Waals surface area contributed by atoms with E-state index in [0.29, 0.717) is 22.3 Å². The maximum absolute atomic E-state index is 11.9. The monoisotopic (exact) mass is 382 g/mol. The van der Waals surface area contributed by atoms with Crippen molar-refractivity contribution in [3.63, 3.8) is 0 Å². The predicted octanol–water partition coefficient (Wildman–Crippen LogP) is 4.75. The van der Waals surface area contributed by atoms with Gasteiger partial charge in [-0.1, -0.05) is 41.9 Å². The second-order valence-electron chi connectivity index (χ2n) is 6.02. The van der Waals surface area contributed by atoms with E-state index >= 15 is 0 Å². The number of carbonyl (C=O) groups is 1. The van der Waals surface area contributed by atoms with E-state index < -0.39 is 0 Å². The van der Waals surface area contributed by atoms with Crippen LogP contribution in [0.2, 0.25) is 5.02 Å². The average molecular weight is 383 g/mol. The van der Waals surface area contributed by atoms with E-state index in [4.69, 9.17) is 20.8 Å². The molecule has 27 heavy (non-hydrogen) atoms. The number of nitrogens with zero attached hydrogens (tertiary/aromatic N) is 1. The Labute approximate surface area is 162 Å². The van der Waals surface area contributed by atoms with Gasteiger partial charge in [-0.05, 0) is 49.2 Å². The van der Waals surface area contributed by atoms with Gasteiger partial charge in [-0.2, -0.15) is 5.10 Å². The number of nitrogens with one attached hydrogen (secondary N) is 1. The average Bonchev–Trinajstić information content (AvgIpc) is 3.10. The number of hydrogen-bond acceptors (Lipinski definition) is 4. The molecule has 0 saturated heterocycles. The third kappa shape index (κ3) is 4.99. The normalized spacial score (nSPS) is 10.9. The van der Waals surface area contributed by atoms with E-state index in [2.05, 4.69) is 10.5 Å². The molecule has 2 aromatic carbocycles. The smallest absolute Gasteiger partial charge is 0.277 e. The molecule has 3 rings (SSSR count). The van der Waals surface area contributed by atoms with Crippen LogP contribution in [0.15, 0.2) is 64.1 Å². The Balaban J connectivity index is 1.54. The molecule has 0 unspecified atom stereocenters. The van der Waals surface area contributed by atoms with E-state index in [0.717, 1.165) is 16.7 Å². The van der Waals surface area contributed by atoms with Crippen molar-refractivity contribution in [3.8, 4) is 17.1 Å². The van der Waals surface area contributed by atoms with Gasteiger partial charge < -0.3 is 9.15 Å². The lowest BCUT2D eigenvalue weighted by Gasteiger charge is -2.10. The standard InChI is InChI=1S/C21H19ClN2O3/c1-14-5-3-6-15(2)21(14)26-13-20(25)24-23-12-18-9-10-19(27-18)16-7-4-8-17(22)11-16/h3-12H,13H2,1-2H3,(H,24,25). The highest BCUT2D eigenvalue weighted by molar-refractivity contribution is 6.30. The van der Waals surface area contributed by atoms with Gasteiger partial charge in [-0.25, -0.2) is 5.43 Å². The molecule has 138 valence electrons. The second-order valence-corrected chi connectivity index (χ2v) is 6.45. The Bertz CT molecular complexity index is 959. The molecule has 0 aliphatic heterocycles. The Hall–Kier alpha value is -3.05. The summed E-state index contributed by atoms with van der Waals surface area (Å²) in [7, 11) is 0. The van der Waals surface area contributed by atoms with Crippen LogP contribution in [0.1, 0.15) is 16.9 Å². The van der Waals surface area contributed by atoms with Crippen LogP contribution in [0.5, 0.6) is 5.75 Å². The van der Waals surface area contributed by atoms with Crippen molar-refractivity contribution in [2.24, 2.45) is 5.10 Å². The number of hydrogen-bond donors (Lipinski definition) is 1. The minimum atomic E-state index is -0.351. The van der Waals surface area contributed by atoms with E-state index in [1.807, 2.05) is 56.3 Å². The molecule has 0 atom stereocenters. The molecule has 1 amide bonds. The van der Waals surface area contributed by atoms with Crippen molar-refractivity contribution in [2.45, 2.75) is 13.8 Å². The molecular formula is C21H19ClN2O3. The van der Waals surface area contributed by atoms with E-state index in [9.17, 15) is 4.79 Å². The predicted molar refractivity (Wildman–Crippen MR) is 106 cm³/mol. The van der Waals surface area contributed by atoms with Crippen LogP contribution >= 0.6 is 11.6 Å². The van der Waals surface area contributed by atoms with Crippen LogP contribution < -0.4 is 10.2 Å². The summed E-state index contributed by atoms with van der Waals surface area (Å²) in [5.74, 6) is 1.55. The third-order valence-electron chi connectivity index (χ3n) is 3.87. The van der Waals surface area contributed by atoms with Crippen LogP contribution in [-0.4, -0.2) is 18.7 Å². The first-order chi connectivity index (χ1) is 13.0. The van der Waals surface area contributed by atoms with Gasteiger partial charge in [0.2, 0.25) is 0 Å². The molecule has 3 aromatic rings. The second kappa shape index (κ2) is 8.56. The molecular weight excluding hydrogens is 364 g/mol. The summed E-state index contributed by atoms with van der Waals surface area (Å²) in [4.78, 5) is 11.9. The maximum Gasteiger partial charge on any atom is 0.277 e. The first-order valence-electron chi connectivity index (χ1n) is 8.39. The number of ether oxygens (including phenoxy) is 1. The number of aryl methyl sites for hydroxylation is 2. The molecule has 5 nitrogen and oxygen atoms in total. The quantitative estimate of drug-likeness (QED) is 0.494. The number of halogens is 1. The molecule has 1 N–H and O–H groups in total. The fraction of sp³-hybridized carbons (Fsp3) is 0.143. The van der Waals surface area contributed by atoms with Gasteiger partial charge >= 0.3 is 0 Å². The van der Waals surface area contributed by atoms with E-state index in [-0.39, 0.29) is 12.5 Å². The number of hydrazone groups is 1. The fourth-order valence-electron chi connectivity index (χ4n) is 2.58. The Morgan fingerprint density at radius 1 is 1.15 bits per heavy atom. The number of carbonyl (C=O) groups excluding carboxylic acids is 1. The Morgan fingerprint density at radius 3 is 2.63 bits per heavy atom. The first-order valence-corrected chi connectivity index (χ1v) is 8.77. The molecule has 0 spiro atoms. The van der Waals surface area contributed by atoms with Gasteiger partial charge in [0.1, 0.15) is 17.3 Å². The zero-order valence-corrected chi connectivity index (χ0v) is 15.8. The van der Waals surface area contributed by atoms with E-state index in [1.54, 1.807) is 12.1 Å². The third-order valence-corrected chi connectivity index (χ3v) is 4.11. The van der Waals surface area contributed by atoms with Gasteiger partial charge in [0.25, 0.3) is 5.91 Å². The molecule has 6 heteroatoms. The van der Waals surface area contributed by atoms with Gasteiger partial charge in [0.05, 0.1) is 6.21 Å². The van der Waals surface area contributed by atoms with Gasteiger partial charge in [0, 0.05) is 10.6 Å². The number of para-hydroxylation sites is 1. The molecule has 0 aliphatic rings. The van der Waals surface area contributed by atoms with Crippen LogP contribution in [-0.2, 0) is 4.79 Å². The van der Waals surface area contributed by atoms with Crippen LogP contribution in [0.25, 0.3) is 11.3 Å². The largest absolute Gasteiger partial charge is 0.483 e. The Morgan fingerprint density at radius 2 is 1.89 bits per heavy atom. The fourth-order valence-corrected chi connectivity index (χ4v) is 2.77. The van der Waals surface area contributed by atoms with Crippen LogP contribution in [0.4, 0.5) is 0 Å². The molecule has 1 heterocycles. The minimum Gasteiger partial charge on any atom is -0.483 e. The Kier molecular flexibility index (Phi) is 5.94. The van der Waals surface area contributed by atoms with Crippen molar-refractivity contribution in [2.75, 3.05) is 6.61 Å². The summed E-state index contributed by atoms with van der Waals surface area (Å²) in [6, 6.07) is 16.8. The molecule has 0 saturated carbocycles. The zero-order valence-electron chi connectivity index (χ0n) is 15.0. The van der Waals surface area contributed by atoms with Gasteiger partial charge in [-0.3, -0.25) is 4.79 Å². The number of furan rings is 1. The summed E-state index contributed by atoms with van der Waals surface area (Å²) in [5.41, 5.74) is 5.26. The highest BCUT2D eigenvalue weighted by atomic mass is 35.5. The van der Waals surface area contributed by atoms with Crippen molar-refractivity contribution in [3.05, 3.63) is 76.5 Å². The SMILES string of the molecule is Cc1cccc(C)c1OCC(=O)NN=Cc1ccc(-c2cccc(Cl)c2)o1. The molecule has 0 bridgehead atoms. The first kappa shape index (κ1) is 18.7. The lowest BCUT2D eigenvalue weighted by molar-refractivity contribution is -0.123. The van der Waals surface area contributed by atoms with Gasteiger partial charge in [-0.15, -0.1) is 0 Å². The highest BCUT2D eigenvalue weighted by Crippen LogP contribution is 2.24. The van der Waals surface area contributed by atoms with E-state index in [1.165, 1.54) is 6.21 Å². The topological polar surface area (TPSA) is 63.8 Å². The van der Waals surface area contributed by atoms with Crippen LogP contribution in [0, 0.1) is 13.8 Å². The summed E-state index contributed by atoms with van der Waals surface area (Å²) < 4.78 is 11.3. The van der Waals surface area contributed by atoms with Crippen molar-refractivity contribution < 1.29 is 13.9 Å².